The van der Waals surface area contributed by atoms with Crippen molar-refractivity contribution in [2.75, 3.05) is 0 Å². The number of aliphatic carboxylic acids is 1. The predicted octanol–water partition coefficient (Wildman–Crippen LogP) is 3.04. The van der Waals surface area contributed by atoms with Crippen molar-refractivity contribution in [2.45, 2.75) is 26.2 Å². The molecule has 2 heteroatoms. The van der Waals surface area contributed by atoms with Crippen LogP contribution in [-0.2, 0) is 11.2 Å². The smallest absolute Gasteiger partial charge is 0.331 e. The average molecular weight is 204 g/mol. The summed E-state index contributed by atoms with van der Waals surface area (Å²) in [7, 11) is 0. The minimum atomic E-state index is -0.798. The number of carbonyl (C=O) groups is 1. The lowest BCUT2D eigenvalue weighted by molar-refractivity contribution is -0.132. The molecule has 0 saturated heterocycles. The quantitative estimate of drug-likeness (QED) is 0.748. The van der Waals surface area contributed by atoms with Gasteiger partial charge in [-0.15, -0.1) is 0 Å². The van der Waals surface area contributed by atoms with Crippen LogP contribution in [0.4, 0.5) is 0 Å². The molecular formula is C13H16O2. The maximum Gasteiger partial charge on any atom is 0.331 e. The van der Waals surface area contributed by atoms with Crippen molar-refractivity contribution in [3.8, 4) is 0 Å². The molecule has 0 unspecified atom stereocenters. The molecule has 2 nitrogen and oxygen atoms in total. The van der Waals surface area contributed by atoms with Crippen LogP contribution < -0.4 is 0 Å². The lowest BCUT2D eigenvalue weighted by Crippen LogP contribution is -2.00. The molecule has 0 fully saturated rings. The van der Waals surface area contributed by atoms with Crippen LogP contribution in [0.1, 0.15) is 25.3 Å². The molecule has 0 aromatic heterocycles. The summed E-state index contributed by atoms with van der Waals surface area (Å²) in [5, 5.41) is 8.91. The molecule has 0 atom stereocenters. The van der Waals surface area contributed by atoms with Crippen LogP contribution >= 0.6 is 0 Å². The second kappa shape index (κ2) is 6.02. The fraction of sp³-hybridized carbons (Fsp3) is 0.308. The first kappa shape index (κ1) is 11.5. The van der Waals surface area contributed by atoms with Crippen LogP contribution in [0.5, 0.6) is 0 Å². The number of carboxylic acids is 1. The van der Waals surface area contributed by atoms with Gasteiger partial charge in [0.1, 0.15) is 0 Å². The molecule has 1 aromatic carbocycles. The number of hydrogen-bond acceptors (Lipinski definition) is 1. The molecule has 1 rings (SSSR count). The van der Waals surface area contributed by atoms with E-state index in [-0.39, 0.29) is 0 Å². The molecule has 15 heavy (non-hydrogen) atoms. The normalized spacial score (nSPS) is 11.4. The summed E-state index contributed by atoms with van der Waals surface area (Å²) in [5.74, 6) is -0.798. The molecule has 0 aliphatic rings. The van der Waals surface area contributed by atoms with E-state index in [0.29, 0.717) is 18.4 Å². The van der Waals surface area contributed by atoms with E-state index in [4.69, 9.17) is 5.11 Å². The van der Waals surface area contributed by atoms with Crippen molar-refractivity contribution in [1.29, 1.82) is 0 Å². The first-order valence-corrected chi connectivity index (χ1v) is 5.20. The van der Waals surface area contributed by atoms with Gasteiger partial charge in [-0.05, 0) is 18.4 Å². The van der Waals surface area contributed by atoms with Crippen LogP contribution in [0.2, 0.25) is 0 Å². The molecule has 0 aliphatic heterocycles. The Labute approximate surface area is 90.3 Å². The van der Waals surface area contributed by atoms with Crippen molar-refractivity contribution in [3.05, 3.63) is 47.5 Å². The Hall–Kier alpha value is -1.57. The highest BCUT2D eigenvalue weighted by Gasteiger charge is 2.04. The molecule has 0 radical (unpaired) electrons. The van der Waals surface area contributed by atoms with Gasteiger partial charge in [-0.2, -0.15) is 0 Å². The second-order valence-electron chi connectivity index (χ2n) is 3.47. The van der Waals surface area contributed by atoms with Gasteiger partial charge in [0.2, 0.25) is 0 Å². The van der Waals surface area contributed by atoms with Gasteiger partial charge in [-0.1, -0.05) is 49.8 Å². The standard InChI is InChI=1S/C13H16O2/c1-2-6-12(13(14)15)10-9-11-7-4-3-5-8-11/h3-5,7-8,10H,2,6,9H2,1H3,(H,14,15). The molecular weight excluding hydrogens is 188 g/mol. The highest BCUT2D eigenvalue weighted by Crippen LogP contribution is 2.08. The van der Waals surface area contributed by atoms with Gasteiger partial charge >= 0.3 is 5.97 Å². The molecule has 1 N–H and O–H groups in total. The van der Waals surface area contributed by atoms with E-state index in [2.05, 4.69) is 0 Å². The van der Waals surface area contributed by atoms with Crippen molar-refractivity contribution >= 4 is 5.97 Å². The largest absolute Gasteiger partial charge is 0.478 e. The van der Waals surface area contributed by atoms with E-state index in [9.17, 15) is 4.79 Å². The maximum absolute atomic E-state index is 10.8. The third kappa shape index (κ3) is 3.98. The lowest BCUT2D eigenvalue weighted by Gasteiger charge is -2.00. The summed E-state index contributed by atoms with van der Waals surface area (Å²) in [6.07, 6.45) is 4.01. The van der Waals surface area contributed by atoms with Gasteiger partial charge in [0.15, 0.2) is 0 Å². The molecule has 80 valence electrons. The Kier molecular flexibility index (Phi) is 4.61. The zero-order chi connectivity index (χ0) is 11.1. The van der Waals surface area contributed by atoms with Gasteiger partial charge in [0.05, 0.1) is 0 Å². The zero-order valence-electron chi connectivity index (χ0n) is 8.94. The lowest BCUT2D eigenvalue weighted by atomic mass is 10.1. The first-order chi connectivity index (χ1) is 7.24. The Balaban J connectivity index is 2.65. The maximum atomic E-state index is 10.8. The van der Waals surface area contributed by atoms with E-state index in [1.807, 2.05) is 37.3 Å². The first-order valence-electron chi connectivity index (χ1n) is 5.20. The SMILES string of the molecule is CCCC(=CCc1ccccc1)C(=O)O. The second-order valence-corrected chi connectivity index (χ2v) is 3.47. The number of rotatable bonds is 5. The van der Waals surface area contributed by atoms with Crippen LogP contribution in [0.15, 0.2) is 42.0 Å². The Morgan fingerprint density at radius 2 is 2.00 bits per heavy atom. The van der Waals surface area contributed by atoms with Gasteiger partial charge in [-0.25, -0.2) is 4.79 Å². The molecule has 0 amide bonds. The topological polar surface area (TPSA) is 37.3 Å². The third-order valence-electron chi connectivity index (χ3n) is 2.22. The van der Waals surface area contributed by atoms with Crippen LogP contribution in [-0.4, -0.2) is 11.1 Å². The van der Waals surface area contributed by atoms with Crippen molar-refractivity contribution in [1.82, 2.24) is 0 Å². The third-order valence-corrected chi connectivity index (χ3v) is 2.22. The van der Waals surface area contributed by atoms with E-state index >= 15 is 0 Å². The summed E-state index contributed by atoms with van der Waals surface area (Å²) in [6, 6.07) is 9.88. The van der Waals surface area contributed by atoms with Gasteiger partial charge in [0, 0.05) is 5.57 Å². The number of carboxylic acid groups (broad SMARTS) is 1. The summed E-state index contributed by atoms with van der Waals surface area (Å²) in [4.78, 5) is 10.8. The average Bonchev–Trinajstić information content (AvgIpc) is 2.25. The summed E-state index contributed by atoms with van der Waals surface area (Å²) < 4.78 is 0. The fourth-order valence-electron chi connectivity index (χ4n) is 1.42. The van der Waals surface area contributed by atoms with E-state index in [0.717, 1.165) is 12.0 Å². The minimum absolute atomic E-state index is 0.515. The van der Waals surface area contributed by atoms with Crippen LogP contribution in [0, 0.1) is 0 Å². The van der Waals surface area contributed by atoms with Crippen molar-refractivity contribution < 1.29 is 9.90 Å². The van der Waals surface area contributed by atoms with E-state index < -0.39 is 5.97 Å². The molecule has 0 aliphatic carbocycles. The number of hydrogen-bond donors (Lipinski definition) is 1. The molecule has 1 aromatic rings. The fourth-order valence-corrected chi connectivity index (χ4v) is 1.42. The molecule has 0 bridgehead atoms. The summed E-state index contributed by atoms with van der Waals surface area (Å²) in [5.41, 5.74) is 1.66. The van der Waals surface area contributed by atoms with Crippen molar-refractivity contribution in [3.63, 3.8) is 0 Å². The van der Waals surface area contributed by atoms with Gasteiger partial charge < -0.3 is 5.11 Å². The highest BCUT2D eigenvalue weighted by atomic mass is 16.4. The molecule has 0 heterocycles. The van der Waals surface area contributed by atoms with E-state index in [1.165, 1.54) is 0 Å². The Morgan fingerprint density at radius 3 is 2.53 bits per heavy atom. The van der Waals surface area contributed by atoms with E-state index in [1.54, 1.807) is 6.08 Å². The van der Waals surface area contributed by atoms with Gasteiger partial charge in [0.25, 0.3) is 0 Å². The van der Waals surface area contributed by atoms with Crippen LogP contribution in [0.3, 0.4) is 0 Å². The summed E-state index contributed by atoms with van der Waals surface area (Å²) >= 11 is 0. The minimum Gasteiger partial charge on any atom is -0.478 e. The highest BCUT2D eigenvalue weighted by molar-refractivity contribution is 5.86. The molecule has 0 saturated carbocycles. The zero-order valence-corrected chi connectivity index (χ0v) is 8.94. The summed E-state index contributed by atoms with van der Waals surface area (Å²) in [6.45, 7) is 1.99. The number of allylic oxidation sites excluding steroid dienone is 1. The van der Waals surface area contributed by atoms with Crippen LogP contribution in [0.25, 0.3) is 0 Å². The Morgan fingerprint density at radius 1 is 1.33 bits per heavy atom. The van der Waals surface area contributed by atoms with Gasteiger partial charge in [-0.3, -0.25) is 0 Å². The number of benzene rings is 1. The monoisotopic (exact) mass is 204 g/mol. The molecule has 0 spiro atoms. The van der Waals surface area contributed by atoms with Crippen molar-refractivity contribution in [2.24, 2.45) is 0 Å². The predicted molar refractivity (Wildman–Crippen MR) is 60.8 cm³/mol. The Bertz CT molecular complexity index is 339.